The number of methoxy groups -OCH3 is 1. The third-order valence-corrected chi connectivity index (χ3v) is 5.74. The van der Waals surface area contributed by atoms with Gasteiger partial charge in [-0.3, -0.25) is 0 Å². The van der Waals surface area contributed by atoms with Gasteiger partial charge in [-0.1, -0.05) is 0 Å². The zero-order chi connectivity index (χ0) is 22.8. The Morgan fingerprint density at radius 1 is 0.909 bits per heavy atom. The van der Waals surface area contributed by atoms with Gasteiger partial charge in [0.1, 0.15) is 5.75 Å². The third-order valence-electron chi connectivity index (χ3n) is 5.74. The van der Waals surface area contributed by atoms with Crippen molar-refractivity contribution in [1.29, 1.82) is 0 Å². The largest absolute Gasteiger partial charge is 0.497 e. The molecule has 0 unspecified atom stereocenters. The normalized spacial score (nSPS) is 16.4. The van der Waals surface area contributed by atoms with E-state index in [0.717, 1.165) is 54.9 Å². The highest BCUT2D eigenvalue weighted by atomic mass is 16.5. The summed E-state index contributed by atoms with van der Waals surface area (Å²) in [6.45, 7) is 3.36. The molecule has 9 nitrogen and oxygen atoms in total. The van der Waals surface area contributed by atoms with E-state index in [1.165, 1.54) is 5.69 Å². The number of rotatable bonds is 6. The Morgan fingerprint density at radius 3 is 2.27 bits per heavy atom. The number of anilines is 5. The van der Waals surface area contributed by atoms with Crippen molar-refractivity contribution < 1.29 is 9.47 Å². The van der Waals surface area contributed by atoms with Gasteiger partial charge in [-0.2, -0.15) is 15.0 Å². The number of benzene rings is 2. The molecule has 2 aromatic carbocycles. The molecule has 0 aliphatic carbocycles. The summed E-state index contributed by atoms with van der Waals surface area (Å²) in [7, 11) is 5.74. The van der Waals surface area contributed by atoms with Gasteiger partial charge in [0.15, 0.2) is 17.8 Å². The summed E-state index contributed by atoms with van der Waals surface area (Å²) in [5.74, 6) is 2.79. The number of fused-ring (bicyclic) bond motifs is 1. The minimum atomic E-state index is 0.444. The van der Waals surface area contributed by atoms with E-state index >= 15 is 0 Å². The number of nitrogens with zero attached hydrogens (tertiary/aromatic N) is 5. The molecule has 0 amide bonds. The number of aliphatic imine (C=N–C) groups is 1. The Balaban J connectivity index is 1.41. The average molecular weight is 447 g/mol. The Kier molecular flexibility index (Phi) is 5.57. The number of morpholine rings is 1. The lowest BCUT2D eigenvalue weighted by molar-refractivity contribution is 0.122. The highest BCUT2D eigenvalue weighted by Crippen LogP contribution is 2.41. The molecule has 0 atom stereocenters. The van der Waals surface area contributed by atoms with Crippen LogP contribution in [0, 0.1) is 0 Å². The summed E-state index contributed by atoms with van der Waals surface area (Å²) in [4.78, 5) is 16.4. The standard InChI is InChI=1S/C24H28N7O2/c1-31(2)16-25-21-22(26-17-6-10-20(32-3)11-7-17)28-24(29-23(21)31)27-18-4-8-19(9-5-18)30-12-14-33-15-13-30/h4-11,16H,12-15H2,1-3H3,(H2,26,27,28,29)/q+1. The van der Waals surface area contributed by atoms with Gasteiger partial charge >= 0.3 is 0 Å². The van der Waals surface area contributed by atoms with Gasteiger partial charge in [0, 0.05) is 30.2 Å². The molecule has 2 N–H and O–H groups in total. The van der Waals surface area contributed by atoms with Crippen molar-refractivity contribution in [3.05, 3.63) is 48.5 Å². The summed E-state index contributed by atoms with van der Waals surface area (Å²) in [5, 5.41) is 6.74. The van der Waals surface area contributed by atoms with Crippen molar-refractivity contribution in [2.75, 3.05) is 63.0 Å². The first kappa shape index (κ1) is 21.2. The van der Waals surface area contributed by atoms with Crippen molar-refractivity contribution in [3.63, 3.8) is 0 Å². The minimum Gasteiger partial charge on any atom is -0.497 e. The third kappa shape index (κ3) is 4.46. The first-order valence-electron chi connectivity index (χ1n) is 10.9. The molecular weight excluding hydrogens is 418 g/mol. The summed E-state index contributed by atoms with van der Waals surface area (Å²) in [5.41, 5.74) is 3.74. The molecule has 5 rings (SSSR count). The van der Waals surface area contributed by atoms with E-state index in [2.05, 4.69) is 44.8 Å². The highest BCUT2D eigenvalue weighted by Gasteiger charge is 2.33. The van der Waals surface area contributed by atoms with Crippen LogP contribution in [-0.4, -0.2) is 63.8 Å². The summed E-state index contributed by atoms with van der Waals surface area (Å²) in [6, 6.07) is 16.0. The Labute approximate surface area is 193 Å². The predicted molar refractivity (Wildman–Crippen MR) is 133 cm³/mol. The fourth-order valence-corrected chi connectivity index (χ4v) is 3.88. The van der Waals surface area contributed by atoms with Gasteiger partial charge in [0.25, 0.3) is 5.82 Å². The maximum Gasteiger partial charge on any atom is 0.266 e. The molecule has 0 bridgehead atoms. The van der Waals surface area contributed by atoms with E-state index in [4.69, 9.17) is 19.4 Å². The topological polar surface area (TPSA) is 83.9 Å². The molecule has 2 aliphatic heterocycles. The van der Waals surface area contributed by atoms with Crippen molar-refractivity contribution in [3.8, 4) is 5.75 Å². The summed E-state index contributed by atoms with van der Waals surface area (Å²) >= 11 is 0. The fourth-order valence-electron chi connectivity index (χ4n) is 3.88. The Bertz CT molecular complexity index is 1150. The van der Waals surface area contributed by atoms with Crippen LogP contribution in [0.4, 0.5) is 40.3 Å². The molecule has 0 saturated carbocycles. The first-order valence-corrected chi connectivity index (χ1v) is 10.9. The smallest absolute Gasteiger partial charge is 0.266 e. The second kappa shape index (κ2) is 8.68. The Hall–Kier alpha value is -3.69. The number of quaternary nitrogens is 1. The SMILES string of the molecule is COc1ccc(Nc2nc(Nc3ccc(N4CCOCC4)cc3)nc3c2N=C[N+]3(C)C)cc1. The zero-order valence-corrected chi connectivity index (χ0v) is 19.1. The van der Waals surface area contributed by atoms with E-state index in [1.807, 2.05) is 44.7 Å². The second-order valence-electron chi connectivity index (χ2n) is 8.48. The van der Waals surface area contributed by atoms with Gasteiger partial charge < -0.3 is 25.0 Å². The van der Waals surface area contributed by atoms with Gasteiger partial charge in [0.2, 0.25) is 5.95 Å². The van der Waals surface area contributed by atoms with E-state index in [0.29, 0.717) is 16.2 Å². The number of aromatic nitrogens is 2. The molecule has 33 heavy (non-hydrogen) atoms. The monoisotopic (exact) mass is 446 g/mol. The molecule has 2 aliphatic rings. The van der Waals surface area contributed by atoms with Crippen molar-refractivity contribution in [1.82, 2.24) is 14.5 Å². The van der Waals surface area contributed by atoms with Crippen LogP contribution in [0.1, 0.15) is 0 Å². The van der Waals surface area contributed by atoms with Crippen LogP contribution in [-0.2, 0) is 4.74 Å². The molecular formula is C24H28N7O2+. The summed E-state index contributed by atoms with van der Waals surface area (Å²) < 4.78 is 11.1. The molecule has 9 heteroatoms. The van der Waals surface area contributed by atoms with Crippen LogP contribution in [0.2, 0.25) is 0 Å². The lowest BCUT2D eigenvalue weighted by Gasteiger charge is -2.28. The number of hydrogen-bond donors (Lipinski definition) is 2. The molecule has 3 heterocycles. The van der Waals surface area contributed by atoms with Crippen molar-refractivity contribution in [2.45, 2.75) is 0 Å². The van der Waals surface area contributed by atoms with Gasteiger partial charge in [-0.15, -0.1) is 0 Å². The minimum absolute atomic E-state index is 0.444. The molecule has 0 radical (unpaired) electrons. The first-order chi connectivity index (χ1) is 16.0. The average Bonchev–Trinajstić information content (AvgIpc) is 3.15. The fraction of sp³-hybridized carbons (Fsp3) is 0.292. The van der Waals surface area contributed by atoms with E-state index in [9.17, 15) is 0 Å². The zero-order valence-electron chi connectivity index (χ0n) is 19.1. The molecule has 1 fully saturated rings. The number of ether oxygens (including phenoxy) is 2. The van der Waals surface area contributed by atoms with Crippen LogP contribution < -0.4 is 24.8 Å². The van der Waals surface area contributed by atoms with Crippen LogP contribution in [0.25, 0.3) is 0 Å². The highest BCUT2D eigenvalue weighted by molar-refractivity contribution is 5.92. The quantitative estimate of drug-likeness (QED) is 0.553. The molecule has 1 saturated heterocycles. The molecule has 3 aromatic rings. The maximum absolute atomic E-state index is 5.45. The van der Waals surface area contributed by atoms with Crippen LogP contribution >= 0.6 is 0 Å². The van der Waals surface area contributed by atoms with Crippen LogP contribution in [0.3, 0.4) is 0 Å². The Morgan fingerprint density at radius 2 is 1.58 bits per heavy atom. The molecule has 170 valence electrons. The molecule has 1 aromatic heterocycles. The van der Waals surface area contributed by atoms with Crippen molar-refractivity contribution in [2.24, 2.45) is 4.99 Å². The lowest BCUT2D eigenvalue weighted by Crippen LogP contribution is -2.37. The maximum atomic E-state index is 5.45. The summed E-state index contributed by atoms with van der Waals surface area (Å²) in [6.07, 6.45) is 1.86. The molecule has 0 spiro atoms. The number of nitrogens with one attached hydrogen (secondary N) is 2. The van der Waals surface area contributed by atoms with E-state index in [-0.39, 0.29) is 0 Å². The van der Waals surface area contributed by atoms with Crippen LogP contribution in [0.5, 0.6) is 5.75 Å². The van der Waals surface area contributed by atoms with Gasteiger partial charge in [-0.25, -0.2) is 4.48 Å². The van der Waals surface area contributed by atoms with Gasteiger partial charge in [0.05, 0.1) is 34.4 Å². The second-order valence-corrected chi connectivity index (χ2v) is 8.48. The van der Waals surface area contributed by atoms with E-state index < -0.39 is 0 Å². The van der Waals surface area contributed by atoms with Crippen LogP contribution in [0.15, 0.2) is 53.5 Å². The van der Waals surface area contributed by atoms with Gasteiger partial charge in [-0.05, 0) is 48.5 Å². The van der Waals surface area contributed by atoms with Crippen molar-refractivity contribution >= 4 is 46.7 Å². The van der Waals surface area contributed by atoms with E-state index in [1.54, 1.807) is 7.11 Å². The number of hydrogen-bond acceptors (Lipinski definition) is 8. The lowest BCUT2D eigenvalue weighted by atomic mass is 10.2. The predicted octanol–water partition coefficient (Wildman–Crippen LogP) is 4.05.